The van der Waals surface area contributed by atoms with Crippen molar-refractivity contribution in [1.82, 2.24) is 5.32 Å². The van der Waals surface area contributed by atoms with Crippen LogP contribution in [0, 0.1) is 11.8 Å². The van der Waals surface area contributed by atoms with Crippen LogP contribution in [0.1, 0.15) is 71.6 Å². The Morgan fingerprint density at radius 3 is 1.90 bits per heavy atom. The van der Waals surface area contributed by atoms with Gasteiger partial charge in [0.25, 0.3) is 0 Å². The van der Waals surface area contributed by atoms with Crippen LogP contribution in [0.4, 0.5) is 0 Å². The molecule has 0 aliphatic rings. The Labute approximate surface area is 126 Å². The van der Waals surface area contributed by atoms with Crippen LogP contribution in [0.2, 0.25) is 0 Å². The van der Waals surface area contributed by atoms with E-state index in [2.05, 4.69) is 71.1 Å². The SMILES string of the molecule is CC(C)CCC(C)NC(C)c1ccc(CC(C)C)cc1. The molecule has 2 atom stereocenters. The lowest BCUT2D eigenvalue weighted by molar-refractivity contribution is 0.417. The number of hydrogen-bond acceptors (Lipinski definition) is 1. The summed E-state index contributed by atoms with van der Waals surface area (Å²) >= 11 is 0. The van der Waals surface area contributed by atoms with E-state index >= 15 is 0 Å². The fourth-order valence-corrected chi connectivity index (χ4v) is 2.60. The van der Waals surface area contributed by atoms with E-state index < -0.39 is 0 Å². The standard InChI is InChI=1S/C19H33N/c1-14(2)7-8-16(5)20-17(6)19-11-9-18(10-12-19)13-15(3)4/h9-12,14-17,20H,7-8,13H2,1-6H3. The molecule has 0 aromatic heterocycles. The smallest absolute Gasteiger partial charge is 0.0294 e. The predicted octanol–water partition coefficient (Wildman–Crippen LogP) is 5.36. The average Bonchev–Trinajstić information content (AvgIpc) is 2.36. The summed E-state index contributed by atoms with van der Waals surface area (Å²) in [6, 6.07) is 10.2. The minimum Gasteiger partial charge on any atom is -0.308 e. The fraction of sp³-hybridized carbons (Fsp3) is 0.684. The summed E-state index contributed by atoms with van der Waals surface area (Å²) in [7, 11) is 0. The molecule has 1 aromatic rings. The predicted molar refractivity (Wildman–Crippen MR) is 90.1 cm³/mol. The van der Waals surface area contributed by atoms with Gasteiger partial charge in [0.1, 0.15) is 0 Å². The maximum atomic E-state index is 3.71. The number of nitrogens with one attached hydrogen (secondary N) is 1. The van der Waals surface area contributed by atoms with E-state index in [-0.39, 0.29) is 0 Å². The maximum Gasteiger partial charge on any atom is 0.0294 e. The summed E-state index contributed by atoms with van der Waals surface area (Å²) in [5.74, 6) is 1.53. The third-order valence-electron chi connectivity index (χ3n) is 3.84. The van der Waals surface area contributed by atoms with Crippen molar-refractivity contribution in [3.8, 4) is 0 Å². The first-order chi connectivity index (χ1) is 9.38. The Bertz CT molecular complexity index is 364. The zero-order valence-corrected chi connectivity index (χ0v) is 14.2. The van der Waals surface area contributed by atoms with Crippen LogP contribution >= 0.6 is 0 Å². The van der Waals surface area contributed by atoms with E-state index in [0.29, 0.717) is 12.1 Å². The molecule has 0 bridgehead atoms. The van der Waals surface area contributed by atoms with Gasteiger partial charge in [-0.05, 0) is 56.1 Å². The number of hydrogen-bond donors (Lipinski definition) is 1. The van der Waals surface area contributed by atoms with Crippen molar-refractivity contribution in [2.75, 3.05) is 0 Å². The number of benzene rings is 1. The third-order valence-corrected chi connectivity index (χ3v) is 3.84. The number of rotatable bonds is 8. The summed E-state index contributed by atoms with van der Waals surface area (Å²) in [5, 5.41) is 3.71. The molecule has 20 heavy (non-hydrogen) atoms. The van der Waals surface area contributed by atoms with Crippen LogP contribution in [0.25, 0.3) is 0 Å². The van der Waals surface area contributed by atoms with Crippen molar-refractivity contribution >= 4 is 0 Å². The Hall–Kier alpha value is -0.820. The van der Waals surface area contributed by atoms with E-state index in [1.54, 1.807) is 0 Å². The lowest BCUT2D eigenvalue weighted by atomic mass is 9.99. The lowest BCUT2D eigenvalue weighted by Crippen LogP contribution is -2.29. The van der Waals surface area contributed by atoms with Crippen LogP contribution in [-0.2, 0) is 6.42 Å². The maximum absolute atomic E-state index is 3.71. The summed E-state index contributed by atoms with van der Waals surface area (Å²) in [4.78, 5) is 0. The van der Waals surface area contributed by atoms with Crippen LogP contribution in [0.3, 0.4) is 0 Å². The van der Waals surface area contributed by atoms with Gasteiger partial charge in [-0.2, -0.15) is 0 Å². The van der Waals surface area contributed by atoms with Gasteiger partial charge in [-0.1, -0.05) is 52.0 Å². The van der Waals surface area contributed by atoms with Crippen molar-refractivity contribution in [2.45, 2.75) is 72.9 Å². The van der Waals surface area contributed by atoms with Gasteiger partial charge in [0, 0.05) is 12.1 Å². The van der Waals surface area contributed by atoms with Gasteiger partial charge in [0.15, 0.2) is 0 Å². The molecule has 0 saturated carbocycles. The minimum absolute atomic E-state index is 0.435. The molecule has 0 aliphatic heterocycles. The summed E-state index contributed by atoms with van der Waals surface area (Å²) in [6.45, 7) is 13.7. The molecule has 0 heterocycles. The fourth-order valence-electron chi connectivity index (χ4n) is 2.60. The van der Waals surface area contributed by atoms with Gasteiger partial charge in [-0.3, -0.25) is 0 Å². The van der Waals surface area contributed by atoms with E-state index in [1.165, 1.54) is 30.4 Å². The van der Waals surface area contributed by atoms with E-state index in [4.69, 9.17) is 0 Å². The monoisotopic (exact) mass is 275 g/mol. The van der Waals surface area contributed by atoms with Crippen molar-refractivity contribution in [1.29, 1.82) is 0 Å². The zero-order chi connectivity index (χ0) is 15.1. The highest BCUT2D eigenvalue weighted by Gasteiger charge is 2.10. The molecular weight excluding hydrogens is 242 g/mol. The Morgan fingerprint density at radius 2 is 1.40 bits per heavy atom. The van der Waals surface area contributed by atoms with Gasteiger partial charge >= 0.3 is 0 Å². The molecule has 0 saturated heterocycles. The first-order valence-electron chi connectivity index (χ1n) is 8.23. The summed E-state index contributed by atoms with van der Waals surface area (Å²) < 4.78 is 0. The molecule has 1 nitrogen and oxygen atoms in total. The van der Waals surface area contributed by atoms with Crippen molar-refractivity contribution in [3.63, 3.8) is 0 Å². The minimum atomic E-state index is 0.435. The van der Waals surface area contributed by atoms with Gasteiger partial charge in [0.05, 0.1) is 0 Å². The highest BCUT2D eigenvalue weighted by Crippen LogP contribution is 2.17. The third kappa shape index (κ3) is 6.56. The summed E-state index contributed by atoms with van der Waals surface area (Å²) in [5.41, 5.74) is 2.85. The quantitative estimate of drug-likeness (QED) is 0.673. The van der Waals surface area contributed by atoms with Crippen LogP contribution in [0.15, 0.2) is 24.3 Å². The van der Waals surface area contributed by atoms with E-state index in [1.807, 2.05) is 0 Å². The van der Waals surface area contributed by atoms with Gasteiger partial charge in [-0.15, -0.1) is 0 Å². The molecule has 0 spiro atoms. The normalized spacial score (nSPS) is 14.8. The van der Waals surface area contributed by atoms with Crippen LogP contribution < -0.4 is 5.32 Å². The van der Waals surface area contributed by atoms with Crippen molar-refractivity contribution in [3.05, 3.63) is 35.4 Å². The molecule has 0 fully saturated rings. The topological polar surface area (TPSA) is 12.0 Å². The van der Waals surface area contributed by atoms with Gasteiger partial charge < -0.3 is 5.32 Å². The molecule has 0 radical (unpaired) electrons. The molecule has 0 aliphatic carbocycles. The molecule has 1 rings (SSSR count). The molecular formula is C19H33N. The Kier molecular flexibility index (Phi) is 7.29. The molecule has 0 amide bonds. The first kappa shape index (κ1) is 17.2. The molecule has 2 unspecified atom stereocenters. The second kappa shape index (κ2) is 8.46. The van der Waals surface area contributed by atoms with Crippen LogP contribution in [0.5, 0.6) is 0 Å². The second-order valence-electron chi connectivity index (χ2n) is 7.10. The van der Waals surface area contributed by atoms with Gasteiger partial charge in [-0.25, -0.2) is 0 Å². The molecule has 1 aromatic carbocycles. The lowest BCUT2D eigenvalue weighted by Gasteiger charge is -2.21. The van der Waals surface area contributed by atoms with Gasteiger partial charge in [0.2, 0.25) is 0 Å². The molecule has 1 heteroatoms. The largest absolute Gasteiger partial charge is 0.308 e. The van der Waals surface area contributed by atoms with E-state index in [0.717, 1.165) is 11.8 Å². The highest BCUT2D eigenvalue weighted by molar-refractivity contribution is 5.25. The Balaban J connectivity index is 2.48. The average molecular weight is 275 g/mol. The van der Waals surface area contributed by atoms with E-state index in [9.17, 15) is 0 Å². The molecule has 1 N–H and O–H groups in total. The highest BCUT2D eigenvalue weighted by atomic mass is 14.9. The molecule has 114 valence electrons. The van der Waals surface area contributed by atoms with Crippen LogP contribution in [-0.4, -0.2) is 6.04 Å². The first-order valence-corrected chi connectivity index (χ1v) is 8.23. The Morgan fingerprint density at radius 1 is 0.800 bits per heavy atom. The van der Waals surface area contributed by atoms with Crippen molar-refractivity contribution in [2.24, 2.45) is 11.8 Å². The van der Waals surface area contributed by atoms with Crippen molar-refractivity contribution < 1.29 is 0 Å². The zero-order valence-electron chi connectivity index (χ0n) is 14.2. The second-order valence-corrected chi connectivity index (χ2v) is 7.10. The summed E-state index contributed by atoms with van der Waals surface area (Å²) in [6.07, 6.45) is 3.73.